The maximum absolute atomic E-state index is 13.1. The van der Waals surface area contributed by atoms with Gasteiger partial charge in [0, 0.05) is 12.6 Å². The number of benzene rings is 1. The third-order valence-corrected chi connectivity index (χ3v) is 3.21. The van der Waals surface area contributed by atoms with E-state index in [4.69, 9.17) is 4.74 Å². The molecule has 0 bridgehead atoms. The van der Waals surface area contributed by atoms with Gasteiger partial charge in [0.2, 0.25) is 0 Å². The highest BCUT2D eigenvalue weighted by atomic mass is 79.9. The molecular weight excluding hydrogens is 297 g/mol. The van der Waals surface area contributed by atoms with Crippen molar-refractivity contribution >= 4 is 15.9 Å². The van der Waals surface area contributed by atoms with Gasteiger partial charge >= 0.3 is 0 Å². The predicted molar refractivity (Wildman–Crippen MR) is 76.5 cm³/mol. The van der Waals surface area contributed by atoms with E-state index in [0.717, 1.165) is 24.0 Å². The van der Waals surface area contributed by atoms with Crippen molar-refractivity contribution < 1.29 is 9.13 Å². The first-order valence-electron chi connectivity index (χ1n) is 6.31. The Morgan fingerprint density at radius 2 is 2.06 bits per heavy atom. The van der Waals surface area contributed by atoms with Gasteiger partial charge in [0.1, 0.15) is 17.7 Å². The average molecular weight is 318 g/mol. The fourth-order valence-corrected chi connectivity index (χ4v) is 1.86. The van der Waals surface area contributed by atoms with Gasteiger partial charge in [-0.05, 0) is 53.9 Å². The first kappa shape index (κ1) is 15.4. The lowest BCUT2D eigenvalue weighted by Gasteiger charge is -2.17. The number of ether oxygens (including phenoxy) is 1. The van der Waals surface area contributed by atoms with Crippen molar-refractivity contribution in [2.45, 2.75) is 33.3 Å². The number of hydrogen-bond acceptors (Lipinski definition) is 2. The van der Waals surface area contributed by atoms with Gasteiger partial charge < -0.3 is 10.1 Å². The van der Waals surface area contributed by atoms with Crippen molar-refractivity contribution in [1.29, 1.82) is 0 Å². The predicted octanol–water partition coefficient (Wildman–Crippen LogP) is 3.99. The van der Waals surface area contributed by atoms with Gasteiger partial charge in [-0.2, -0.15) is 0 Å². The first-order valence-corrected chi connectivity index (χ1v) is 7.10. The highest BCUT2D eigenvalue weighted by Gasteiger charge is 2.08. The smallest absolute Gasteiger partial charge is 0.136 e. The van der Waals surface area contributed by atoms with Crippen LogP contribution in [0, 0.1) is 11.7 Å². The van der Waals surface area contributed by atoms with Crippen LogP contribution in [-0.4, -0.2) is 19.2 Å². The number of nitrogens with one attached hydrogen (secondary N) is 1. The number of halogens is 2. The molecule has 0 aromatic heterocycles. The lowest BCUT2D eigenvalue weighted by atomic mass is 10.1. The van der Waals surface area contributed by atoms with Crippen LogP contribution >= 0.6 is 15.9 Å². The summed E-state index contributed by atoms with van der Waals surface area (Å²) in [5.74, 6) is 0.965. The highest BCUT2D eigenvalue weighted by molar-refractivity contribution is 9.10. The number of hydrogen-bond donors (Lipinski definition) is 1. The summed E-state index contributed by atoms with van der Waals surface area (Å²) >= 11 is 3.35. The van der Waals surface area contributed by atoms with E-state index in [1.165, 1.54) is 12.1 Å². The Bertz CT molecular complexity index is 371. The largest absolute Gasteiger partial charge is 0.488 e. The summed E-state index contributed by atoms with van der Waals surface area (Å²) in [5.41, 5.74) is 0. The molecule has 0 aliphatic carbocycles. The van der Waals surface area contributed by atoms with Gasteiger partial charge in [0.05, 0.1) is 4.47 Å². The van der Waals surface area contributed by atoms with E-state index >= 15 is 0 Å². The molecule has 1 atom stereocenters. The fourth-order valence-electron chi connectivity index (χ4n) is 1.52. The van der Waals surface area contributed by atoms with Gasteiger partial charge in [0.15, 0.2) is 0 Å². The van der Waals surface area contributed by atoms with E-state index in [1.54, 1.807) is 6.07 Å². The van der Waals surface area contributed by atoms with Crippen LogP contribution in [0.3, 0.4) is 0 Å². The normalized spacial score (nSPS) is 12.8. The molecule has 0 saturated carbocycles. The lowest BCUT2D eigenvalue weighted by molar-refractivity contribution is 0.214. The van der Waals surface area contributed by atoms with Gasteiger partial charge in [-0.3, -0.25) is 0 Å². The van der Waals surface area contributed by atoms with Crippen molar-refractivity contribution in [1.82, 2.24) is 5.32 Å². The molecule has 18 heavy (non-hydrogen) atoms. The summed E-state index contributed by atoms with van der Waals surface area (Å²) in [6.07, 6.45) is 1.16. The standard InChI is InChI=1S/C14H21BrFNO/c1-10(2)6-7-17-9-11(3)18-14-8-12(16)4-5-13(14)15/h4-5,8,10-11,17H,6-7,9H2,1-3H3. The van der Waals surface area contributed by atoms with Crippen LogP contribution in [0.15, 0.2) is 22.7 Å². The summed E-state index contributed by atoms with van der Waals surface area (Å²) in [4.78, 5) is 0. The Morgan fingerprint density at radius 1 is 1.33 bits per heavy atom. The second kappa shape index (κ2) is 7.74. The summed E-state index contributed by atoms with van der Waals surface area (Å²) in [7, 11) is 0. The molecule has 1 aromatic carbocycles. The zero-order chi connectivity index (χ0) is 13.5. The van der Waals surface area contributed by atoms with Crippen LogP contribution in [0.25, 0.3) is 0 Å². The van der Waals surface area contributed by atoms with Crippen LogP contribution in [0.4, 0.5) is 4.39 Å². The third-order valence-electron chi connectivity index (χ3n) is 2.55. The zero-order valence-electron chi connectivity index (χ0n) is 11.2. The Hall–Kier alpha value is -0.610. The molecule has 102 valence electrons. The molecule has 0 spiro atoms. The van der Waals surface area contributed by atoms with E-state index in [-0.39, 0.29) is 11.9 Å². The molecule has 0 aliphatic heterocycles. The zero-order valence-corrected chi connectivity index (χ0v) is 12.8. The Labute approximate surface area is 117 Å². The summed E-state index contributed by atoms with van der Waals surface area (Å²) < 4.78 is 19.5. The van der Waals surface area contributed by atoms with Gasteiger partial charge in [0.25, 0.3) is 0 Å². The van der Waals surface area contributed by atoms with E-state index in [9.17, 15) is 4.39 Å². The van der Waals surface area contributed by atoms with Crippen LogP contribution in [0.1, 0.15) is 27.2 Å². The molecule has 4 heteroatoms. The highest BCUT2D eigenvalue weighted by Crippen LogP contribution is 2.26. The average Bonchev–Trinajstić information content (AvgIpc) is 2.29. The topological polar surface area (TPSA) is 21.3 Å². The van der Waals surface area contributed by atoms with Crippen LogP contribution in [0.2, 0.25) is 0 Å². The van der Waals surface area contributed by atoms with Crippen molar-refractivity contribution in [3.63, 3.8) is 0 Å². The van der Waals surface area contributed by atoms with Gasteiger partial charge in [-0.1, -0.05) is 13.8 Å². The Kier molecular flexibility index (Phi) is 6.65. The number of rotatable bonds is 7. The minimum absolute atomic E-state index is 0.00950. The minimum atomic E-state index is -0.284. The quantitative estimate of drug-likeness (QED) is 0.768. The molecule has 1 aromatic rings. The van der Waals surface area contributed by atoms with Crippen molar-refractivity contribution in [2.75, 3.05) is 13.1 Å². The van der Waals surface area contributed by atoms with Crippen molar-refractivity contribution in [2.24, 2.45) is 5.92 Å². The maximum atomic E-state index is 13.1. The summed E-state index contributed by atoms with van der Waals surface area (Å²) in [5, 5.41) is 3.34. The molecule has 1 rings (SSSR count). The Balaban J connectivity index is 2.35. The monoisotopic (exact) mass is 317 g/mol. The Morgan fingerprint density at radius 3 is 2.72 bits per heavy atom. The molecule has 0 radical (unpaired) electrons. The fraction of sp³-hybridized carbons (Fsp3) is 0.571. The van der Waals surface area contributed by atoms with E-state index in [0.29, 0.717) is 11.7 Å². The van der Waals surface area contributed by atoms with Crippen LogP contribution in [-0.2, 0) is 0 Å². The van der Waals surface area contributed by atoms with E-state index in [1.807, 2.05) is 6.92 Å². The molecule has 1 N–H and O–H groups in total. The molecule has 0 fully saturated rings. The minimum Gasteiger partial charge on any atom is -0.488 e. The van der Waals surface area contributed by atoms with E-state index < -0.39 is 0 Å². The first-order chi connectivity index (χ1) is 8.49. The summed E-state index contributed by atoms with van der Waals surface area (Å²) in [6.45, 7) is 8.11. The van der Waals surface area contributed by atoms with Crippen LogP contribution < -0.4 is 10.1 Å². The van der Waals surface area contributed by atoms with Crippen molar-refractivity contribution in [3.05, 3.63) is 28.5 Å². The second-order valence-corrected chi connectivity index (χ2v) is 5.74. The molecule has 0 aliphatic rings. The lowest BCUT2D eigenvalue weighted by Crippen LogP contribution is -2.30. The van der Waals surface area contributed by atoms with Gasteiger partial charge in [-0.15, -0.1) is 0 Å². The van der Waals surface area contributed by atoms with E-state index in [2.05, 4.69) is 35.1 Å². The maximum Gasteiger partial charge on any atom is 0.136 e. The molecule has 0 saturated heterocycles. The molecule has 2 nitrogen and oxygen atoms in total. The second-order valence-electron chi connectivity index (χ2n) is 4.89. The van der Waals surface area contributed by atoms with Crippen molar-refractivity contribution in [3.8, 4) is 5.75 Å². The SMILES string of the molecule is CC(C)CCNCC(C)Oc1cc(F)ccc1Br. The molecule has 1 unspecified atom stereocenters. The molecule has 0 amide bonds. The molecular formula is C14H21BrFNO. The molecule has 0 heterocycles. The summed E-state index contributed by atoms with van der Waals surface area (Å²) in [6, 6.07) is 4.46. The van der Waals surface area contributed by atoms with Gasteiger partial charge in [-0.25, -0.2) is 4.39 Å². The van der Waals surface area contributed by atoms with Crippen LogP contribution in [0.5, 0.6) is 5.75 Å². The third kappa shape index (κ3) is 5.83.